The summed E-state index contributed by atoms with van der Waals surface area (Å²) in [6.07, 6.45) is 0. The van der Waals surface area contributed by atoms with Gasteiger partial charge in [-0.15, -0.1) is 24.0 Å². The Balaban J connectivity index is 0.00000363. The van der Waals surface area contributed by atoms with E-state index in [0.717, 1.165) is 55.7 Å². The van der Waals surface area contributed by atoms with Gasteiger partial charge in [-0.05, 0) is 48.9 Å². The minimum absolute atomic E-state index is 0. The first-order valence-electron chi connectivity index (χ1n) is 10.5. The highest BCUT2D eigenvalue weighted by Crippen LogP contribution is 2.17. The molecule has 0 aliphatic carbocycles. The number of ether oxygens (including phenoxy) is 1. The van der Waals surface area contributed by atoms with Gasteiger partial charge >= 0.3 is 0 Å². The summed E-state index contributed by atoms with van der Waals surface area (Å²) in [7, 11) is 1.62. The van der Waals surface area contributed by atoms with Gasteiger partial charge in [0.25, 0.3) is 0 Å². The lowest BCUT2D eigenvalue weighted by molar-refractivity contribution is -0.119. The van der Waals surface area contributed by atoms with E-state index in [0.29, 0.717) is 6.54 Å². The SMILES string of the molecule is CCNC(=NCC(=O)NCc1ccc(OC)cc1)N1CCN(c2ccc(F)cc2)CC1.I. The average molecular weight is 555 g/mol. The van der Waals surface area contributed by atoms with Crippen LogP contribution in [-0.2, 0) is 11.3 Å². The van der Waals surface area contributed by atoms with Crippen molar-refractivity contribution in [3.05, 3.63) is 59.9 Å². The van der Waals surface area contributed by atoms with Crippen molar-refractivity contribution in [1.82, 2.24) is 15.5 Å². The van der Waals surface area contributed by atoms with Crippen molar-refractivity contribution >= 4 is 41.5 Å². The zero-order valence-corrected chi connectivity index (χ0v) is 20.8. The normalized spacial score (nSPS) is 13.9. The van der Waals surface area contributed by atoms with Crippen molar-refractivity contribution in [1.29, 1.82) is 0 Å². The average Bonchev–Trinajstić information content (AvgIpc) is 2.81. The number of piperazine rings is 1. The Morgan fingerprint density at radius 1 is 1.03 bits per heavy atom. The lowest BCUT2D eigenvalue weighted by Crippen LogP contribution is -2.52. The fourth-order valence-electron chi connectivity index (χ4n) is 3.40. The van der Waals surface area contributed by atoms with Crippen LogP contribution in [0.3, 0.4) is 0 Å². The number of benzene rings is 2. The molecule has 0 spiro atoms. The molecule has 0 radical (unpaired) electrons. The highest BCUT2D eigenvalue weighted by atomic mass is 127. The fourth-order valence-corrected chi connectivity index (χ4v) is 3.40. The summed E-state index contributed by atoms with van der Waals surface area (Å²) in [5.41, 5.74) is 2.02. The van der Waals surface area contributed by atoms with Crippen molar-refractivity contribution in [2.45, 2.75) is 13.5 Å². The van der Waals surface area contributed by atoms with Gasteiger partial charge in [0.1, 0.15) is 18.1 Å². The molecule has 9 heteroatoms. The largest absolute Gasteiger partial charge is 0.497 e. The van der Waals surface area contributed by atoms with Gasteiger partial charge in [0, 0.05) is 45.0 Å². The molecule has 1 aliphatic rings. The van der Waals surface area contributed by atoms with Gasteiger partial charge in [-0.25, -0.2) is 9.38 Å². The summed E-state index contributed by atoms with van der Waals surface area (Å²) in [4.78, 5) is 21.2. The van der Waals surface area contributed by atoms with E-state index in [1.807, 2.05) is 31.2 Å². The first-order valence-corrected chi connectivity index (χ1v) is 10.5. The van der Waals surface area contributed by atoms with Crippen LogP contribution in [0.5, 0.6) is 5.75 Å². The van der Waals surface area contributed by atoms with Crippen molar-refractivity contribution in [3.63, 3.8) is 0 Å². The smallest absolute Gasteiger partial charge is 0.242 e. The predicted molar refractivity (Wildman–Crippen MR) is 136 cm³/mol. The molecule has 1 fully saturated rings. The van der Waals surface area contributed by atoms with Gasteiger partial charge in [0.15, 0.2) is 5.96 Å². The summed E-state index contributed by atoms with van der Waals surface area (Å²) >= 11 is 0. The highest BCUT2D eigenvalue weighted by Gasteiger charge is 2.20. The van der Waals surface area contributed by atoms with Gasteiger partial charge in [-0.2, -0.15) is 0 Å². The maximum Gasteiger partial charge on any atom is 0.242 e. The Labute approximate surface area is 206 Å². The van der Waals surface area contributed by atoms with E-state index >= 15 is 0 Å². The number of hydrogen-bond donors (Lipinski definition) is 2. The second-order valence-corrected chi connectivity index (χ2v) is 7.25. The Hall–Kier alpha value is -2.56. The summed E-state index contributed by atoms with van der Waals surface area (Å²) < 4.78 is 18.3. The number of halogens is 2. The molecule has 2 N–H and O–H groups in total. The standard InChI is InChI=1S/C23H30FN5O2.HI/c1-3-25-23(27-17-22(30)26-16-18-4-10-21(31-2)11-5-18)29-14-12-28(13-15-29)20-8-6-19(24)7-9-20;/h4-11H,3,12-17H2,1-2H3,(H,25,27)(H,26,30);1H. The van der Waals surface area contributed by atoms with Crippen LogP contribution in [0.25, 0.3) is 0 Å². The third-order valence-electron chi connectivity index (χ3n) is 5.13. The first-order chi connectivity index (χ1) is 15.1. The Kier molecular flexibility index (Phi) is 10.5. The molecular weight excluding hydrogens is 524 g/mol. The quantitative estimate of drug-likeness (QED) is 0.313. The molecule has 1 heterocycles. The number of nitrogens with zero attached hydrogens (tertiary/aromatic N) is 3. The highest BCUT2D eigenvalue weighted by molar-refractivity contribution is 14.0. The molecule has 0 aromatic heterocycles. The number of carbonyl (C=O) groups is 1. The minimum atomic E-state index is -0.228. The third kappa shape index (κ3) is 7.54. The van der Waals surface area contributed by atoms with Crippen LogP contribution in [0.2, 0.25) is 0 Å². The molecule has 1 amide bonds. The zero-order chi connectivity index (χ0) is 22.1. The van der Waals surface area contributed by atoms with E-state index in [1.54, 1.807) is 19.2 Å². The van der Waals surface area contributed by atoms with Crippen LogP contribution in [0.4, 0.5) is 10.1 Å². The molecule has 2 aromatic carbocycles. The van der Waals surface area contributed by atoms with E-state index in [2.05, 4.69) is 25.4 Å². The van der Waals surface area contributed by atoms with E-state index in [-0.39, 0.29) is 42.2 Å². The monoisotopic (exact) mass is 555 g/mol. The number of rotatable bonds is 7. The third-order valence-corrected chi connectivity index (χ3v) is 5.13. The second-order valence-electron chi connectivity index (χ2n) is 7.25. The van der Waals surface area contributed by atoms with Gasteiger partial charge in [0.05, 0.1) is 7.11 Å². The summed E-state index contributed by atoms with van der Waals surface area (Å²) in [6, 6.07) is 14.2. The van der Waals surface area contributed by atoms with Gasteiger partial charge in [0.2, 0.25) is 5.91 Å². The molecular formula is C23H31FIN5O2. The van der Waals surface area contributed by atoms with E-state index in [9.17, 15) is 9.18 Å². The lowest BCUT2D eigenvalue weighted by Gasteiger charge is -2.37. The number of hydrogen-bond acceptors (Lipinski definition) is 4. The van der Waals surface area contributed by atoms with Crippen LogP contribution < -0.4 is 20.3 Å². The molecule has 174 valence electrons. The first kappa shape index (κ1) is 25.7. The zero-order valence-electron chi connectivity index (χ0n) is 18.5. The number of nitrogens with one attached hydrogen (secondary N) is 2. The molecule has 0 bridgehead atoms. The summed E-state index contributed by atoms with van der Waals surface area (Å²) in [6.45, 7) is 6.41. The summed E-state index contributed by atoms with van der Waals surface area (Å²) in [5.74, 6) is 1.17. The molecule has 2 aromatic rings. The number of carbonyl (C=O) groups excluding carboxylic acids is 1. The topological polar surface area (TPSA) is 69.2 Å². The van der Waals surface area contributed by atoms with Gasteiger partial charge in [-0.1, -0.05) is 12.1 Å². The molecule has 1 aliphatic heterocycles. The van der Waals surface area contributed by atoms with Crippen molar-refractivity contribution in [3.8, 4) is 5.75 Å². The van der Waals surface area contributed by atoms with Crippen molar-refractivity contribution < 1.29 is 13.9 Å². The minimum Gasteiger partial charge on any atom is -0.497 e. The molecule has 3 rings (SSSR count). The van der Waals surface area contributed by atoms with Crippen LogP contribution in [0, 0.1) is 5.82 Å². The van der Waals surface area contributed by atoms with E-state index < -0.39 is 0 Å². The van der Waals surface area contributed by atoms with Crippen LogP contribution in [0.1, 0.15) is 12.5 Å². The Morgan fingerprint density at radius 2 is 1.69 bits per heavy atom. The Bertz CT molecular complexity index is 869. The number of methoxy groups -OCH3 is 1. The molecule has 0 atom stereocenters. The molecule has 0 saturated carbocycles. The van der Waals surface area contributed by atoms with Gasteiger partial charge in [-0.3, -0.25) is 4.79 Å². The van der Waals surface area contributed by atoms with Crippen LogP contribution in [-0.4, -0.2) is 63.1 Å². The van der Waals surface area contributed by atoms with Crippen molar-refractivity contribution in [2.24, 2.45) is 4.99 Å². The fraction of sp³-hybridized carbons (Fsp3) is 0.391. The number of amides is 1. The van der Waals surface area contributed by atoms with Crippen LogP contribution in [0.15, 0.2) is 53.5 Å². The van der Waals surface area contributed by atoms with Gasteiger partial charge < -0.3 is 25.2 Å². The molecule has 7 nitrogen and oxygen atoms in total. The maximum absolute atomic E-state index is 13.2. The predicted octanol–water partition coefficient (Wildman–Crippen LogP) is 2.86. The van der Waals surface area contributed by atoms with Crippen molar-refractivity contribution in [2.75, 3.05) is 51.3 Å². The maximum atomic E-state index is 13.2. The van der Waals surface area contributed by atoms with E-state index in [4.69, 9.17) is 4.74 Å². The Morgan fingerprint density at radius 3 is 2.28 bits per heavy atom. The number of guanidine groups is 1. The second kappa shape index (κ2) is 13.1. The lowest BCUT2D eigenvalue weighted by atomic mass is 10.2. The summed E-state index contributed by atoms with van der Waals surface area (Å²) in [5, 5.41) is 6.17. The van der Waals surface area contributed by atoms with Crippen LogP contribution >= 0.6 is 24.0 Å². The molecule has 32 heavy (non-hydrogen) atoms. The number of aliphatic imine (C=N–C) groups is 1. The number of anilines is 1. The van der Waals surface area contributed by atoms with E-state index in [1.165, 1.54) is 12.1 Å². The molecule has 0 unspecified atom stereocenters. The molecule has 1 saturated heterocycles.